The minimum absolute atomic E-state index is 0.209. The van der Waals surface area contributed by atoms with Crippen LogP contribution in [0.4, 0.5) is 4.39 Å². The van der Waals surface area contributed by atoms with Crippen molar-refractivity contribution in [2.24, 2.45) is 0 Å². The van der Waals surface area contributed by atoms with Crippen molar-refractivity contribution < 1.29 is 8.81 Å². The Morgan fingerprint density at radius 3 is 2.84 bits per heavy atom. The summed E-state index contributed by atoms with van der Waals surface area (Å²) < 4.78 is 20.8. The number of rotatable bonds is 0. The first-order valence-electron chi connectivity index (χ1n) is 5.86. The first-order chi connectivity index (χ1) is 9.24. The second-order valence-electron chi connectivity index (χ2n) is 4.43. The van der Waals surface area contributed by atoms with E-state index in [9.17, 15) is 9.18 Å². The van der Waals surface area contributed by atoms with Gasteiger partial charge in [0.25, 0.3) is 0 Å². The van der Waals surface area contributed by atoms with Gasteiger partial charge in [0.1, 0.15) is 11.4 Å². The lowest BCUT2D eigenvalue weighted by molar-refractivity contribution is 0.619. The third-order valence-corrected chi connectivity index (χ3v) is 3.27. The van der Waals surface area contributed by atoms with Crippen LogP contribution in [-0.4, -0.2) is 4.40 Å². The molecule has 0 amide bonds. The fourth-order valence-electron chi connectivity index (χ4n) is 2.38. The number of benzene rings is 1. The van der Waals surface area contributed by atoms with Crippen LogP contribution in [0.1, 0.15) is 0 Å². The van der Waals surface area contributed by atoms with E-state index in [2.05, 4.69) is 0 Å². The van der Waals surface area contributed by atoms with Crippen molar-refractivity contribution in [3.63, 3.8) is 0 Å². The Kier molecular flexibility index (Phi) is 1.87. The summed E-state index contributed by atoms with van der Waals surface area (Å²) in [5.74, 6) is -0.442. The van der Waals surface area contributed by atoms with Gasteiger partial charge in [-0.3, -0.25) is 9.20 Å². The largest absolute Gasteiger partial charge is 0.439 e. The van der Waals surface area contributed by atoms with Gasteiger partial charge in [-0.25, -0.2) is 4.39 Å². The molecule has 0 aliphatic carbocycles. The van der Waals surface area contributed by atoms with Crippen molar-refractivity contribution in [3.05, 3.63) is 64.7 Å². The zero-order valence-electron chi connectivity index (χ0n) is 9.76. The molecule has 0 saturated carbocycles. The molecule has 0 N–H and O–H groups in total. The maximum atomic E-state index is 13.2. The third-order valence-electron chi connectivity index (χ3n) is 3.27. The van der Waals surface area contributed by atoms with E-state index in [1.54, 1.807) is 10.5 Å². The summed E-state index contributed by atoms with van der Waals surface area (Å²) in [5.41, 5.74) is 1.54. The Bertz CT molecular complexity index is 997. The van der Waals surface area contributed by atoms with Gasteiger partial charge in [0.2, 0.25) is 11.1 Å². The molecule has 4 aromatic rings. The van der Waals surface area contributed by atoms with E-state index in [4.69, 9.17) is 4.42 Å². The van der Waals surface area contributed by atoms with E-state index in [0.717, 1.165) is 5.52 Å². The summed E-state index contributed by atoms with van der Waals surface area (Å²) in [4.78, 5) is 12.4. The van der Waals surface area contributed by atoms with Gasteiger partial charge in [-0.05, 0) is 36.4 Å². The molecule has 19 heavy (non-hydrogen) atoms. The van der Waals surface area contributed by atoms with E-state index in [1.165, 1.54) is 18.2 Å². The van der Waals surface area contributed by atoms with Crippen LogP contribution in [0.3, 0.4) is 0 Å². The van der Waals surface area contributed by atoms with Gasteiger partial charge in [0.15, 0.2) is 0 Å². The minimum atomic E-state index is -0.442. The summed E-state index contributed by atoms with van der Waals surface area (Å²) in [6, 6.07) is 11.4. The maximum Gasteiger partial charge on any atom is 0.215 e. The molecule has 0 saturated heterocycles. The highest BCUT2D eigenvalue weighted by Crippen LogP contribution is 2.22. The smallest absolute Gasteiger partial charge is 0.215 e. The molecule has 0 unspecified atom stereocenters. The SMILES string of the molecule is O=c1c2cc(F)ccc2oc2c1cc1ccccn12. The van der Waals surface area contributed by atoms with Crippen molar-refractivity contribution in [2.45, 2.75) is 0 Å². The van der Waals surface area contributed by atoms with E-state index in [1.807, 2.05) is 24.4 Å². The van der Waals surface area contributed by atoms with Gasteiger partial charge in [0, 0.05) is 11.7 Å². The van der Waals surface area contributed by atoms with Crippen molar-refractivity contribution in [1.29, 1.82) is 0 Å². The highest BCUT2D eigenvalue weighted by atomic mass is 19.1. The van der Waals surface area contributed by atoms with E-state index in [-0.39, 0.29) is 10.8 Å². The predicted molar refractivity (Wildman–Crippen MR) is 70.9 cm³/mol. The van der Waals surface area contributed by atoms with E-state index in [0.29, 0.717) is 16.7 Å². The maximum absolute atomic E-state index is 13.2. The van der Waals surface area contributed by atoms with Crippen molar-refractivity contribution >= 4 is 27.6 Å². The molecule has 0 bridgehead atoms. The number of aromatic nitrogens is 1. The fourth-order valence-corrected chi connectivity index (χ4v) is 2.38. The summed E-state index contributed by atoms with van der Waals surface area (Å²) in [6.07, 6.45) is 1.83. The molecule has 3 aromatic heterocycles. The normalized spacial score (nSPS) is 11.6. The van der Waals surface area contributed by atoms with Gasteiger partial charge < -0.3 is 4.42 Å². The van der Waals surface area contributed by atoms with Crippen LogP contribution in [-0.2, 0) is 0 Å². The molecule has 0 aliphatic rings. The van der Waals surface area contributed by atoms with Gasteiger partial charge >= 0.3 is 0 Å². The number of fused-ring (bicyclic) bond motifs is 4. The lowest BCUT2D eigenvalue weighted by atomic mass is 10.2. The van der Waals surface area contributed by atoms with Crippen LogP contribution in [0.5, 0.6) is 0 Å². The second kappa shape index (κ2) is 3.45. The van der Waals surface area contributed by atoms with Crippen LogP contribution in [0.25, 0.3) is 27.6 Å². The van der Waals surface area contributed by atoms with E-state index >= 15 is 0 Å². The first-order valence-corrected chi connectivity index (χ1v) is 5.86. The average Bonchev–Trinajstić information content (AvgIpc) is 2.79. The zero-order valence-corrected chi connectivity index (χ0v) is 9.76. The second-order valence-corrected chi connectivity index (χ2v) is 4.43. The Labute approximate surface area is 106 Å². The molecule has 0 spiro atoms. The lowest BCUT2D eigenvalue weighted by Crippen LogP contribution is -2.01. The quantitative estimate of drug-likeness (QED) is 0.481. The van der Waals surface area contributed by atoms with Gasteiger partial charge in [-0.2, -0.15) is 0 Å². The number of pyridine rings is 1. The Hall–Kier alpha value is -2.62. The van der Waals surface area contributed by atoms with Crippen LogP contribution in [0.15, 0.2) is 57.9 Å². The molecule has 4 heteroatoms. The number of nitrogens with zero attached hydrogens (tertiary/aromatic N) is 1. The van der Waals surface area contributed by atoms with Gasteiger partial charge in [0.05, 0.1) is 10.8 Å². The molecular formula is C15H8FNO2. The molecule has 0 aliphatic heterocycles. The molecule has 0 atom stereocenters. The van der Waals surface area contributed by atoms with Crippen LogP contribution in [0, 0.1) is 5.82 Å². The van der Waals surface area contributed by atoms with E-state index < -0.39 is 5.82 Å². The van der Waals surface area contributed by atoms with Crippen LogP contribution in [0.2, 0.25) is 0 Å². The Balaban J connectivity index is 2.33. The molecule has 3 nitrogen and oxygen atoms in total. The topological polar surface area (TPSA) is 34.6 Å². The summed E-state index contributed by atoms with van der Waals surface area (Å²) in [6.45, 7) is 0. The van der Waals surface area contributed by atoms with Crippen LogP contribution < -0.4 is 5.43 Å². The summed E-state index contributed by atoms with van der Waals surface area (Å²) >= 11 is 0. The molecule has 0 radical (unpaired) electrons. The average molecular weight is 253 g/mol. The predicted octanol–water partition coefficient (Wildman–Crippen LogP) is 3.34. The van der Waals surface area contributed by atoms with Crippen LogP contribution >= 0.6 is 0 Å². The standard InChI is InChI=1S/C15H8FNO2/c16-9-4-5-13-11(7-9)14(18)12-8-10-3-1-2-6-17(10)15(12)19-13/h1-8H. The Morgan fingerprint density at radius 1 is 1.05 bits per heavy atom. The van der Waals surface area contributed by atoms with Crippen molar-refractivity contribution in [2.75, 3.05) is 0 Å². The Morgan fingerprint density at radius 2 is 1.95 bits per heavy atom. The summed E-state index contributed by atoms with van der Waals surface area (Å²) in [7, 11) is 0. The number of hydrogen-bond acceptors (Lipinski definition) is 2. The highest BCUT2D eigenvalue weighted by molar-refractivity contribution is 5.91. The molecule has 4 rings (SSSR count). The van der Waals surface area contributed by atoms with Gasteiger partial charge in [-0.15, -0.1) is 0 Å². The fraction of sp³-hybridized carbons (Fsp3) is 0. The molecule has 92 valence electrons. The zero-order chi connectivity index (χ0) is 13.0. The van der Waals surface area contributed by atoms with Crippen molar-refractivity contribution in [1.82, 2.24) is 4.40 Å². The summed E-state index contributed by atoms with van der Waals surface area (Å²) in [5, 5.41) is 0.729. The van der Waals surface area contributed by atoms with Crippen molar-refractivity contribution in [3.8, 4) is 0 Å². The monoisotopic (exact) mass is 253 g/mol. The number of hydrogen-bond donors (Lipinski definition) is 0. The molecule has 0 fully saturated rings. The number of halogens is 1. The first kappa shape index (κ1) is 10.3. The van der Waals surface area contributed by atoms with Gasteiger partial charge in [-0.1, -0.05) is 6.07 Å². The highest BCUT2D eigenvalue weighted by Gasteiger charge is 2.12. The lowest BCUT2D eigenvalue weighted by Gasteiger charge is -1.99. The third kappa shape index (κ3) is 1.34. The minimum Gasteiger partial charge on any atom is -0.439 e. The molecular weight excluding hydrogens is 245 g/mol. The molecule has 1 aromatic carbocycles. The molecule has 3 heterocycles.